The van der Waals surface area contributed by atoms with Crippen LogP contribution in [0.2, 0.25) is 0 Å². The highest BCUT2D eigenvalue weighted by atomic mass is 16.3. The minimum Gasteiger partial charge on any atom is -0.389 e. The first kappa shape index (κ1) is 16.7. The summed E-state index contributed by atoms with van der Waals surface area (Å²) in [6, 6.07) is 0. The lowest BCUT2D eigenvalue weighted by Crippen LogP contribution is -2.17. The van der Waals surface area contributed by atoms with Crippen molar-refractivity contribution in [2.24, 2.45) is 5.92 Å². The Morgan fingerprint density at radius 3 is 2.24 bits per heavy atom. The number of unbranched alkanes of at least 4 members (excludes halogenated alkanes) is 5. The van der Waals surface area contributed by atoms with E-state index in [4.69, 9.17) is 0 Å². The molecule has 102 valence electrons. The van der Waals surface area contributed by atoms with Gasteiger partial charge in [0.1, 0.15) is 0 Å². The third-order valence-corrected chi connectivity index (χ3v) is 3.49. The van der Waals surface area contributed by atoms with E-state index >= 15 is 0 Å². The van der Waals surface area contributed by atoms with Gasteiger partial charge in [0.2, 0.25) is 0 Å². The monoisotopic (exact) mass is 240 g/mol. The van der Waals surface area contributed by atoms with Crippen LogP contribution in [0.3, 0.4) is 0 Å². The van der Waals surface area contributed by atoms with Crippen molar-refractivity contribution in [2.75, 3.05) is 0 Å². The van der Waals surface area contributed by atoms with Crippen LogP contribution >= 0.6 is 0 Å². The Kier molecular flexibility index (Phi) is 12.0. The molecule has 2 unspecified atom stereocenters. The number of hydrogen-bond donors (Lipinski definition) is 1. The summed E-state index contributed by atoms with van der Waals surface area (Å²) in [7, 11) is 0. The van der Waals surface area contributed by atoms with Crippen LogP contribution in [-0.2, 0) is 0 Å². The zero-order chi connectivity index (χ0) is 12.9. The summed E-state index contributed by atoms with van der Waals surface area (Å²) in [5.74, 6) is 0.460. The molecule has 1 nitrogen and oxygen atoms in total. The first-order valence-corrected chi connectivity index (χ1v) is 7.60. The van der Waals surface area contributed by atoms with Crippen LogP contribution in [0.5, 0.6) is 0 Å². The molecule has 0 aliphatic rings. The fraction of sp³-hybridized carbons (Fsp3) is 0.875. The summed E-state index contributed by atoms with van der Waals surface area (Å²) < 4.78 is 0. The summed E-state index contributed by atoms with van der Waals surface area (Å²) in [4.78, 5) is 0. The van der Waals surface area contributed by atoms with Crippen LogP contribution in [0.15, 0.2) is 12.2 Å². The quantitative estimate of drug-likeness (QED) is 0.394. The standard InChI is InChI=1S/C16H32O/c1-4-7-9-10-11-12-14-16(17)15(6-3)13-8-5-2/h12,14-17H,4-11,13H2,1-3H3. The highest BCUT2D eigenvalue weighted by Crippen LogP contribution is 2.18. The predicted octanol–water partition coefficient (Wildman–Crippen LogP) is 5.09. The Bertz CT molecular complexity index is 174. The predicted molar refractivity (Wildman–Crippen MR) is 77.2 cm³/mol. The zero-order valence-corrected chi connectivity index (χ0v) is 12.1. The number of allylic oxidation sites excluding steroid dienone is 1. The summed E-state index contributed by atoms with van der Waals surface area (Å²) >= 11 is 0. The fourth-order valence-electron chi connectivity index (χ4n) is 2.16. The first-order chi connectivity index (χ1) is 8.26. The molecule has 0 aliphatic heterocycles. The lowest BCUT2D eigenvalue weighted by molar-refractivity contribution is 0.141. The molecule has 0 radical (unpaired) electrons. The first-order valence-electron chi connectivity index (χ1n) is 7.60. The second kappa shape index (κ2) is 12.2. The van der Waals surface area contributed by atoms with E-state index in [2.05, 4.69) is 26.8 Å². The van der Waals surface area contributed by atoms with Gasteiger partial charge in [0.15, 0.2) is 0 Å². The molecule has 0 aliphatic carbocycles. The second-order valence-electron chi connectivity index (χ2n) is 5.08. The molecule has 17 heavy (non-hydrogen) atoms. The smallest absolute Gasteiger partial charge is 0.0748 e. The molecule has 1 heteroatoms. The maximum atomic E-state index is 10.1. The molecule has 0 aromatic rings. The van der Waals surface area contributed by atoms with Gasteiger partial charge >= 0.3 is 0 Å². The Hall–Kier alpha value is -0.300. The zero-order valence-electron chi connectivity index (χ0n) is 12.1. The van der Waals surface area contributed by atoms with Crippen molar-refractivity contribution in [1.29, 1.82) is 0 Å². The Morgan fingerprint density at radius 1 is 0.941 bits per heavy atom. The fourth-order valence-corrected chi connectivity index (χ4v) is 2.16. The molecule has 0 heterocycles. The average Bonchev–Trinajstić information content (AvgIpc) is 2.34. The lowest BCUT2D eigenvalue weighted by Gasteiger charge is -2.18. The topological polar surface area (TPSA) is 20.2 Å². The molecule has 2 atom stereocenters. The maximum absolute atomic E-state index is 10.1. The van der Waals surface area contributed by atoms with Crippen LogP contribution in [-0.4, -0.2) is 11.2 Å². The minimum atomic E-state index is -0.224. The van der Waals surface area contributed by atoms with Crippen LogP contribution in [0.25, 0.3) is 0 Å². The van der Waals surface area contributed by atoms with E-state index in [9.17, 15) is 5.11 Å². The van der Waals surface area contributed by atoms with Crippen molar-refractivity contribution >= 4 is 0 Å². The van der Waals surface area contributed by atoms with Crippen molar-refractivity contribution in [1.82, 2.24) is 0 Å². The largest absolute Gasteiger partial charge is 0.389 e. The van der Waals surface area contributed by atoms with Crippen molar-refractivity contribution in [3.63, 3.8) is 0 Å². The molecule has 1 N–H and O–H groups in total. The average molecular weight is 240 g/mol. The molecule has 0 fully saturated rings. The molecule has 0 bridgehead atoms. The van der Waals surface area contributed by atoms with Gasteiger partial charge in [-0.2, -0.15) is 0 Å². The number of rotatable bonds is 11. The molecule has 0 aromatic heterocycles. The van der Waals surface area contributed by atoms with Crippen molar-refractivity contribution < 1.29 is 5.11 Å². The van der Waals surface area contributed by atoms with E-state index in [1.165, 1.54) is 38.5 Å². The van der Waals surface area contributed by atoms with Crippen LogP contribution in [0, 0.1) is 5.92 Å². The van der Waals surface area contributed by atoms with E-state index < -0.39 is 0 Å². The Balaban J connectivity index is 3.71. The summed E-state index contributed by atoms with van der Waals surface area (Å²) in [5.41, 5.74) is 0. The lowest BCUT2D eigenvalue weighted by atomic mass is 9.93. The number of hydrogen-bond acceptors (Lipinski definition) is 1. The normalized spacial score (nSPS) is 15.3. The molecule has 0 amide bonds. The Morgan fingerprint density at radius 2 is 1.65 bits per heavy atom. The van der Waals surface area contributed by atoms with Gasteiger partial charge < -0.3 is 5.11 Å². The highest BCUT2D eigenvalue weighted by molar-refractivity contribution is 4.91. The van der Waals surface area contributed by atoms with Crippen molar-refractivity contribution in [2.45, 2.75) is 84.7 Å². The van der Waals surface area contributed by atoms with Gasteiger partial charge in [0.25, 0.3) is 0 Å². The van der Waals surface area contributed by atoms with Crippen LogP contribution < -0.4 is 0 Å². The summed E-state index contributed by atoms with van der Waals surface area (Å²) in [5, 5.41) is 10.1. The maximum Gasteiger partial charge on any atom is 0.0748 e. The Labute approximate surface area is 108 Å². The molecular weight excluding hydrogens is 208 g/mol. The number of aliphatic hydroxyl groups is 1. The van der Waals surface area contributed by atoms with Gasteiger partial charge in [0, 0.05) is 0 Å². The van der Waals surface area contributed by atoms with Crippen molar-refractivity contribution in [3.8, 4) is 0 Å². The molecular formula is C16H32O. The van der Waals surface area contributed by atoms with E-state index in [-0.39, 0.29) is 6.10 Å². The molecule has 0 spiro atoms. The van der Waals surface area contributed by atoms with E-state index in [1.54, 1.807) is 0 Å². The van der Waals surface area contributed by atoms with Gasteiger partial charge in [-0.3, -0.25) is 0 Å². The van der Waals surface area contributed by atoms with Crippen LogP contribution in [0.4, 0.5) is 0 Å². The summed E-state index contributed by atoms with van der Waals surface area (Å²) in [6.45, 7) is 6.63. The van der Waals surface area contributed by atoms with Gasteiger partial charge in [-0.1, -0.05) is 71.4 Å². The van der Waals surface area contributed by atoms with Crippen molar-refractivity contribution in [3.05, 3.63) is 12.2 Å². The molecule has 0 saturated carbocycles. The number of aliphatic hydroxyl groups excluding tert-OH is 1. The second-order valence-corrected chi connectivity index (χ2v) is 5.08. The van der Waals surface area contributed by atoms with Gasteiger partial charge in [0.05, 0.1) is 6.10 Å². The van der Waals surface area contributed by atoms with Gasteiger partial charge in [-0.25, -0.2) is 0 Å². The SMILES string of the molecule is CCCCCCC=CC(O)C(CC)CCCC. The molecule has 0 aromatic carbocycles. The summed E-state index contributed by atoms with van der Waals surface area (Å²) in [6.07, 6.45) is 15.0. The van der Waals surface area contributed by atoms with E-state index in [0.29, 0.717) is 5.92 Å². The molecule has 0 saturated heterocycles. The van der Waals surface area contributed by atoms with Gasteiger partial charge in [-0.05, 0) is 25.2 Å². The third kappa shape index (κ3) is 9.41. The van der Waals surface area contributed by atoms with Crippen LogP contribution in [0.1, 0.15) is 78.6 Å². The van der Waals surface area contributed by atoms with E-state index in [1.807, 2.05) is 6.08 Å². The van der Waals surface area contributed by atoms with E-state index in [0.717, 1.165) is 19.3 Å². The highest BCUT2D eigenvalue weighted by Gasteiger charge is 2.13. The third-order valence-electron chi connectivity index (χ3n) is 3.49. The van der Waals surface area contributed by atoms with Gasteiger partial charge in [-0.15, -0.1) is 0 Å². The minimum absolute atomic E-state index is 0.224. The molecule has 0 rings (SSSR count).